The predicted molar refractivity (Wildman–Crippen MR) is 157 cm³/mol. The third-order valence-corrected chi connectivity index (χ3v) is 8.86. The third kappa shape index (κ3) is 4.94. The lowest BCUT2D eigenvalue weighted by Gasteiger charge is -2.42. The molecule has 2 aliphatic heterocycles. The molecule has 10 nitrogen and oxygen atoms in total. The molecule has 41 heavy (non-hydrogen) atoms. The van der Waals surface area contributed by atoms with Crippen molar-refractivity contribution in [2.45, 2.75) is 58.0 Å². The molecule has 3 aromatic heterocycles. The molecule has 1 aromatic carbocycles. The summed E-state index contributed by atoms with van der Waals surface area (Å²) in [5.41, 5.74) is 5.60. The van der Waals surface area contributed by atoms with Gasteiger partial charge in [-0.1, -0.05) is 6.92 Å². The average Bonchev–Trinajstić information content (AvgIpc) is 3.64. The van der Waals surface area contributed by atoms with E-state index < -0.39 is 0 Å². The Kier molecular flexibility index (Phi) is 6.45. The number of ether oxygens (including phenoxy) is 2. The van der Waals surface area contributed by atoms with Gasteiger partial charge in [0, 0.05) is 30.5 Å². The molecule has 2 N–H and O–H groups in total. The number of nitrogens with one attached hydrogen (secondary N) is 2. The van der Waals surface area contributed by atoms with Gasteiger partial charge in [0.2, 0.25) is 11.8 Å². The van der Waals surface area contributed by atoms with Gasteiger partial charge in [-0.15, -0.1) is 0 Å². The van der Waals surface area contributed by atoms with Crippen molar-refractivity contribution in [3.63, 3.8) is 0 Å². The molecule has 1 aliphatic carbocycles. The van der Waals surface area contributed by atoms with Crippen molar-refractivity contribution in [3.05, 3.63) is 47.8 Å². The number of amides is 1. The highest BCUT2D eigenvalue weighted by Gasteiger charge is 2.37. The van der Waals surface area contributed by atoms with E-state index in [0.717, 1.165) is 53.8 Å². The second-order valence-electron chi connectivity index (χ2n) is 11.9. The lowest BCUT2D eigenvalue weighted by molar-refractivity contribution is -0.0430. The maximum Gasteiger partial charge on any atom is 0.258 e. The number of aromatic nitrogens is 5. The Morgan fingerprint density at radius 1 is 1.12 bits per heavy atom. The van der Waals surface area contributed by atoms with Crippen LogP contribution in [0.2, 0.25) is 0 Å². The number of imidazole rings is 1. The highest BCUT2D eigenvalue weighted by molar-refractivity contribution is 6.05. The zero-order valence-electron chi connectivity index (χ0n) is 23.9. The summed E-state index contributed by atoms with van der Waals surface area (Å²) >= 11 is 0. The number of pyridine rings is 1. The van der Waals surface area contributed by atoms with Crippen molar-refractivity contribution in [1.29, 1.82) is 0 Å². The maximum atomic E-state index is 13.7. The molecule has 2 fully saturated rings. The average molecular weight is 556 g/mol. The van der Waals surface area contributed by atoms with Crippen LogP contribution in [0.25, 0.3) is 22.3 Å². The lowest BCUT2D eigenvalue weighted by Crippen LogP contribution is -2.55. The second kappa shape index (κ2) is 10.2. The summed E-state index contributed by atoms with van der Waals surface area (Å²) in [5, 5.41) is 11.3. The van der Waals surface area contributed by atoms with Gasteiger partial charge in [-0.05, 0) is 81.2 Å². The van der Waals surface area contributed by atoms with E-state index in [9.17, 15) is 4.79 Å². The van der Waals surface area contributed by atoms with Crippen LogP contribution in [-0.4, -0.2) is 55.6 Å². The Morgan fingerprint density at radius 3 is 2.73 bits per heavy atom. The van der Waals surface area contributed by atoms with Crippen molar-refractivity contribution in [1.82, 2.24) is 24.3 Å². The number of carbonyl (C=O) groups is 1. The van der Waals surface area contributed by atoms with Crippen molar-refractivity contribution >= 4 is 28.6 Å². The first kappa shape index (κ1) is 26.0. The van der Waals surface area contributed by atoms with E-state index >= 15 is 0 Å². The normalized spacial score (nSPS) is 20.6. The minimum atomic E-state index is -0.215. The molecule has 7 rings (SSSR count). The first-order valence-electron chi connectivity index (χ1n) is 14.7. The van der Waals surface area contributed by atoms with Crippen LogP contribution in [0.4, 0.5) is 11.6 Å². The number of fused-ring (bicyclic) bond motifs is 7. The molecule has 5 heterocycles. The van der Waals surface area contributed by atoms with Gasteiger partial charge in [0.05, 0.1) is 53.8 Å². The van der Waals surface area contributed by atoms with Crippen LogP contribution in [0, 0.1) is 18.8 Å². The van der Waals surface area contributed by atoms with Crippen LogP contribution in [0.5, 0.6) is 5.88 Å². The molecule has 214 valence electrons. The topological polar surface area (TPSA) is 108 Å². The standard InChI is InChI=1S/C31H37N7O3/c1-4-31(17-40-18-31)36-23-9-10-27-26(14-23)34-30-35-28(39)22-12-19(2)33-25(13-22)24-15-32-37(3)29(24)41-11-5-6-21(16-38(27)30)20-7-8-20/h9-10,12-15,20-21,36H,4-8,11,16-18H2,1-3H3,(H,34,35,39)/t21-/m1/s1. The van der Waals surface area contributed by atoms with Gasteiger partial charge in [0.15, 0.2) is 0 Å². The van der Waals surface area contributed by atoms with Crippen molar-refractivity contribution in [2.75, 3.05) is 30.5 Å². The van der Waals surface area contributed by atoms with Crippen LogP contribution >= 0.6 is 0 Å². The van der Waals surface area contributed by atoms with Crippen LogP contribution in [0.3, 0.4) is 0 Å². The molecule has 1 atom stereocenters. The maximum absolute atomic E-state index is 13.7. The van der Waals surface area contributed by atoms with Gasteiger partial charge in [0.1, 0.15) is 0 Å². The Balaban J connectivity index is 1.29. The zero-order valence-corrected chi connectivity index (χ0v) is 23.9. The van der Waals surface area contributed by atoms with Gasteiger partial charge in [-0.3, -0.25) is 15.1 Å². The lowest BCUT2D eigenvalue weighted by atomic mass is 9.93. The minimum absolute atomic E-state index is 0.0253. The van der Waals surface area contributed by atoms with Crippen LogP contribution in [0.15, 0.2) is 36.5 Å². The number of carbonyl (C=O) groups excluding carboxylic acids is 1. The van der Waals surface area contributed by atoms with Gasteiger partial charge in [-0.25, -0.2) is 9.67 Å². The number of rotatable bonds is 4. The molecule has 10 heteroatoms. The summed E-state index contributed by atoms with van der Waals surface area (Å²) in [7, 11) is 1.87. The summed E-state index contributed by atoms with van der Waals surface area (Å²) in [5.74, 6) is 2.20. The molecular weight excluding hydrogens is 518 g/mol. The van der Waals surface area contributed by atoms with E-state index in [2.05, 4.69) is 45.4 Å². The number of nitrogens with zero attached hydrogens (tertiary/aromatic N) is 5. The number of hydrogen-bond donors (Lipinski definition) is 2. The third-order valence-electron chi connectivity index (χ3n) is 8.86. The SMILES string of the molecule is CCC1(Nc2ccc3c(c2)nc2n3C[C@H](C3CC3)CCCOc3c(cnn3C)-c3cc(cc(C)n3)C(=O)N2)COC1. The van der Waals surface area contributed by atoms with Gasteiger partial charge in [-0.2, -0.15) is 5.10 Å². The van der Waals surface area contributed by atoms with Crippen molar-refractivity contribution in [2.24, 2.45) is 18.9 Å². The van der Waals surface area contributed by atoms with Crippen molar-refractivity contribution in [3.8, 4) is 17.1 Å². The number of aryl methyl sites for hydroxylation is 2. The van der Waals surface area contributed by atoms with E-state index in [1.165, 1.54) is 12.8 Å². The van der Waals surface area contributed by atoms with Crippen LogP contribution in [0.1, 0.15) is 55.1 Å². The monoisotopic (exact) mass is 555 g/mol. The second-order valence-corrected chi connectivity index (χ2v) is 11.9. The van der Waals surface area contributed by atoms with Crippen LogP contribution < -0.4 is 15.4 Å². The molecule has 0 radical (unpaired) electrons. The van der Waals surface area contributed by atoms with Crippen LogP contribution in [-0.2, 0) is 18.3 Å². The first-order chi connectivity index (χ1) is 19.9. The first-order valence-corrected chi connectivity index (χ1v) is 14.7. The van der Waals surface area contributed by atoms with E-state index in [0.29, 0.717) is 54.7 Å². The summed E-state index contributed by atoms with van der Waals surface area (Å²) in [6.45, 7) is 6.89. The molecule has 4 aromatic rings. The smallest absolute Gasteiger partial charge is 0.258 e. The number of anilines is 2. The summed E-state index contributed by atoms with van der Waals surface area (Å²) in [6, 6.07) is 9.95. The fourth-order valence-corrected chi connectivity index (χ4v) is 6.18. The molecule has 0 spiro atoms. The summed E-state index contributed by atoms with van der Waals surface area (Å²) < 4.78 is 15.7. The summed E-state index contributed by atoms with van der Waals surface area (Å²) in [6.07, 6.45) is 7.21. The van der Waals surface area contributed by atoms with E-state index in [4.69, 9.17) is 19.4 Å². The quantitative estimate of drug-likeness (QED) is 0.357. The summed E-state index contributed by atoms with van der Waals surface area (Å²) in [4.78, 5) is 23.4. The highest BCUT2D eigenvalue weighted by Crippen LogP contribution is 2.41. The number of benzene rings is 1. The zero-order chi connectivity index (χ0) is 28.1. The fourth-order valence-electron chi connectivity index (χ4n) is 6.18. The fraction of sp³-hybridized carbons (Fsp3) is 0.484. The Bertz CT molecular complexity index is 1610. The Hall–Kier alpha value is -3.92. The van der Waals surface area contributed by atoms with Gasteiger partial charge >= 0.3 is 0 Å². The molecular formula is C31H37N7O3. The predicted octanol–water partition coefficient (Wildman–Crippen LogP) is 5.18. The van der Waals surface area contributed by atoms with E-state index in [1.54, 1.807) is 23.0 Å². The molecule has 2 bridgehead atoms. The molecule has 0 unspecified atom stereocenters. The Labute approximate surface area is 239 Å². The minimum Gasteiger partial charge on any atom is -0.477 e. The van der Waals surface area contributed by atoms with Gasteiger partial charge in [0.25, 0.3) is 5.91 Å². The molecule has 1 amide bonds. The highest BCUT2D eigenvalue weighted by atomic mass is 16.5. The van der Waals surface area contributed by atoms with Crippen molar-refractivity contribution < 1.29 is 14.3 Å². The molecule has 1 saturated carbocycles. The molecule has 1 saturated heterocycles. The van der Waals surface area contributed by atoms with Gasteiger partial charge < -0.3 is 19.4 Å². The number of hydrogen-bond acceptors (Lipinski definition) is 7. The Morgan fingerprint density at radius 2 is 1.98 bits per heavy atom. The molecule has 3 aliphatic rings. The largest absolute Gasteiger partial charge is 0.477 e. The van der Waals surface area contributed by atoms with E-state index in [-0.39, 0.29) is 11.4 Å². The van der Waals surface area contributed by atoms with E-state index in [1.807, 2.05) is 14.0 Å².